The van der Waals surface area contributed by atoms with Crippen molar-refractivity contribution in [2.75, 3.05) is 11.9 Å². The first-order valence-electron chi connectivity index (χ1n) is 7.33. The van der Waals surface area contributed by atoms with Gasteiger partial charge in [-0.05, 0) is 37.9 Å². The minimum absolute atomic E-state index is 0.0541. The summed E-state index contributed by atoms with van der Waals surface area (Å²) in [6, 6.07) is 8.10. The Bertz CT molecular complexity index is 589. The molecule has 1 atom stereocenters. The number of nitrogens with one attached hydrogen (secondary N) is 2. The van der Waals surface area contributed by atoms with E-state index in [4.69, 9.17) is 4.42 Å². The average molecular weight is 285 g/mol. The summed E-state index contributed by atoms with van der Waals surface area (Å²) in [7, 11) is 0. The number of benzene rings is 1. The second-order valence-corrected chi connectivity index (χ2v) is 5.33. The van der Waals surface area contributed by atoms with E-state index in [1.54, 1.807) is 6.20 Å². The largest absolute Gasteiger partial charge is 0.444 e. The summed E-state index contributed by atoms with van der Waals surface area (Å²) in [6.07, 6.45) is 6.89. The lowest BCUT2D eigenvalue weighted by Gasteiger charge is -2.10. The van der Waals surface area contributed by atoms with Crippen LogP contribution in [0.5, 0.6) is 0 Å². The third kappa shape index (κ3) is 3.70. The molecule has 2 N–H and O–H groups in total. The van der Waals surface area contributed by atoms with Gasteiger partial charge in [0.1, 0.15) is 0 Å². The van der Waals surface area contributed by atoms with Crippen molar-refractivity contribution >= 4 is 11.6 Å². The minimum Gasteiger partial charge on any atom is -0.444 e. The van der Waals surface area contributed by atoms with Crippen LogP contribution in [0.15, 0.2) is 41.3 Å². The van der Waals surface area contributed by atoms with Crippen LogP contribution >= 0.6 is 0 Å². The normalized spacial score (nSPS) is 17.8. The van der Waals surface area contributed by atoms with Gasteiger partial charge in [0, 0.05) is 23.7 Å². The van der Waals surface area contributed by atoms with Gasteiger partial charge in [-0.25, -0.2) is 4.98 Å². The summed E-state index contributed by atoms with van der Waals surface area (Å²) in [5.74, 6) is 0.750. The number of oxazole rings is 1. The second kappa shape index (κ2) is 6.54. The molecule has 5 heteroatoms. The number of hydrogen-bond donors (Lipinski definition) is 2. The highest BCUT2D eigenvalue weighted by molar-refractivity contribution is 5.91. The summed E-state index contributed by atoms with van der Waals surface area (Å²) in [4.78, 5) is 15.9. The number of hydrogen-bond acceptors (Lipinski definition) is 4. The van der Waals surface area contributed by atoms with E-state index < -0.39 is 0 Å². The van der Waals surface area contributed by atoms with Gasteiger partial charge in [0.15, 0.2) is 12.2 Å². The van der Waals surface area contributed by atoms with E-state index in [1.807, 2.05) is 24.3 Å². The minimum atomic E-state index is 0.0541. The van der Waals surface area contributed by atoms with Crippen LogP contribution in [0.1, 0.15) is 25.7 Å². The highest BCUT2D eigenvalue weighted by Crippen LogP contribution is 2.22. The van der Waals surface area contributed by atoms with Crippen molar-refractivity contribution in [3.8, 4) is 11.3 Å². The molecule has 1 amide bonds. The molecule has 1 aliphatic rings. The molecule has 0 saturated carbocycles. The second-order valence-electron chi connectivity index (χ2n) is 5.33. The molecule has 1 unspecified atom stereocenters. The molecule has 2 heterocycles. The van der Waals surface area contributed by atoms with Gasteiger partial charge >= 0.3 is 0 Å². The zero-order chi connectivity index (χ0) is 14.5. The summed E-state index contributed by atoms with van der Waals surface area (Å²) in [5.41, 5.74) is 1.69. The maximum atomic E-state index is 12.0. The van der Waals surface area contributed by atoms with E-state index in [-0.39, 0.29) is 5.91 Å². The van der Waals surface area contributed by atoms with Crippen molar-refractivity contribution in [1.29, 1.82) is 0 Å². The predicted octanol–water partition coefficient (Wildman–Crippen LogP) is 2.81. The van der Waals surface area contributed by atoms with Crippen LogP contribution in [0, 0.1) is 0 Å². The fourth-order valence-corrected chi connectivity index (χ4v) is 2.64. The smallest absolute Gasteiger partial charge is 0.224 e. The molecule has 0 spiro atoms. The van der Waals surface area contributed by atoms with Gasteiger partial charge in [-0.1, -0.05) is 12.1 Å². The number of carbonyl (C=O) groups excluding carboxylic acids is 1. The molecule has 1 aliphatic heterocycles. The third-order valence-corrected chi connectivity index (χ3v) is 3.75. The molecule has 1 saturated heterocycles. The van der Waals surface area contributed by atoms with E-state index in [1.165, 1.54) is 19.2 Å². The Morgan fingerprint density at radius 3 is 3.19 bits per heavy atom. The molecule has 110 valence electrons. The van der Waals surface area contributed by atoms with Gasteiger partial charge in [0.05, 0.1) is 6.20 Å². The molecule has 0 aliphatic carbocycles. The summed E-state index contributed by atoms with van der Waals surface area (Å²) < 4.78 is 5.26. The van der Waals surface area contributed by atoms with Crippen LogP contribution in [0.4, 0.5) is 5.69 Å². The third-order valence-electron chi connectivity index (χ3n) is 3.75. The van der Waals surface area contributed by atoms with Gasteiger partial charge in [-0.2, -0.15) is 0 Å². The molecule has 0 bridgehead atoms. The first-order chi connectivity index (χ1) is 10.3. The van der Waals surface area contributed by atoms with Crippen molar-refractivity contribution in [3.63, 3.8) is 0 Å². The highest BCUT2D eigenvalue weighted by atomic mass is 16.3. The molecule has 1 aromatic heterocycles. The maximum absolute atomic E-state index is 12.0. The summed E-state index contributed by atoms with van der Waals surface area (Å²) in [5, 5.41) is 6.34. The Hall–Kier alpha value is -2.14. The number of carbonyl (C=O) groups is 1. The monoisotopic (exact) mass is 285 g/mol. The zero-order valence-electron chi connectivity index (χ0n) is 11.8. The Balaban J connectivity index is 1.56. The Morgan fingerprint density at radius 2 is 2.43 bits per heavy atom. The molecule has 0 radical (unpaired) electrons. The number of rotatable bonds is 5. The van der Waals surface area contributed by atoms with E-state index >= 15 is 0 Å². The van der Waals surface area contributed by atoms with Crippen LogP contribution in [0.25, 0.3) is 11.3 Å². The van der Waals surface area contributed by atoms with Crippen LogP contribution in [0.2, 0.25) is 0 Å². The molecular weight excluding hydrogens is 266 g/mol. The van der Waals surface area contributed by atoms with Gasteiger partial charge in [0.2, 0.25) is 5.91 Å². The van der Waals surface area contributed by atoms with Gasteiger partial charge in [-0.3, -0.25) is 4.79 Å². The first-order valence-corrected chi connectivity index (χ1v) is 7.33. The highest BCUT2D eigenvalue weighted by Gasteiger charge is 2.15. The Morgan fingerprint density at radius 1 is 1.48 bits per heavy atom. The molecule has 2 aromatic rings. The molecular formula is C16H19N3O2. The summed E-state index contributed by atoms with van der Waals surface area (Å²) in [6.45, 7) is 1.07. The molecule has 5 nitrogen and oxygen atoms in total. The van der Waals surface area contributed by atoms with E-state index in [2.05, 4.69) is 15.6 Å². The van der Waals surface area contributed by atoms with Gasteiger partial charge < -0.3 is 15.1 Å². The molecule has 21 heavy (non-hydrogen) atoms. The lowest BCUT2D eigenvalue weighted by atomic mass is 10.1. The fourth-order valence-electron chi connectivity index (χ4n) is 2.64. The quantitative estimate of drug-likeness (QED) is 0.886. The van der Waals surface area contributed by atoms with Gasteiger partial charge in [-0.15, -0.1) is 0 Å². The number of amides is 1. The van der Waals surface area contributed by atoms with Crippen molar-refractivity contribution in [2.24, 2.45) is 0 Å². The van der Waals surface area contributed by atoms with E-state index in [9.17, 15) is 4.79 Å². The van der Waals surface area contributed by atoms with E-state index in [0.717, 1.165) is 24.2 Å². The lowest BCUT2D eigenvalue weighted by Crippen LogP contribution is -2.23. The molecule has 1 fully saturated rings. The number of anilines is 1. The first kappa shape index (κ1) is 13.8. The number of nitrogens with zero attached hydrogens (tertiary/aromatic N) is 1. The zero-order valence-corrected chi connectivity index (χ0v) is 11.8. The molecule has 1 aromatic carbocycles. The Kier molecular flexibility index (Phi) is 4.31. The fraction of sp³-hybridized carbons (Fsp3) is 0.375. The van der Waals surface area contributed by atoms with Crippen molar-refractivity contribution in [3.05, 3.63) is 36.9 Å². The number of aromatic nitrogens is 1. The average Bonchev–Trinajstić information content (AvgIpc) is 3.19. The summed E-state index contributed by atoms with van der Waals surface area (Å²) >= 11 is 0. The Labute approximate surface area is 123 Å². The van der Waals surface area contributed by atoms with Gasteiger partial charge in [0.25, 0.3) is 0 Å². The van der Waals surface area contributed by atoms with Crippen molar-refractivity contribution < 1.29 is 9.21 Å². The predicted molar refractivity (Wildman–Crippen MR) is 80.8 cm³/mol. The standard InChI is InChI=1S/C16H19N3O2/c20-16(7-6-13-5-2-8-18-13)19-14-4-1-3-12(9-14)15-10-17-11-21-15/h1,3-4,9-11,13,18H,2,5-8H2,(H,19,20). The lowest BCUT2D eigenvalue weighted by molar-refractivity contribution is -0.116. The van der Waals surface area contributed by atoms with Crippen LogP contribution < -0.4 is 10.6 Å². The maximum Gasteiger partial charge on any atom is 0.224 e. The van der Waals surface area contributed by atoms with Crippen LogP contribution in [-0.2, 0) is 4.79 Å². The SMILES string of the molecule is O=C(CCC1CCCN1)Nc1cccc(-c2cnco2)c1. The van der Waals surface area contributed by atoms with Crippen molar-refractivity contribution in [1.82, 2.24) is 10.3 Å². The van der Waals surface area contributed by atoms with Crippen LogP contribution in [-0.4, -0.2) is 23.5 Å². The molecule has 3 rings (SSSR count). The van der Waals surface area contributed by atoms with E-state index in [0.29, 0.717) is 18.2 Å². The topological polar surface area (TPSA) is 67.2 Å². The van der Waals surface area contributed by atoms with Crippen molar-refractivity contribution in [2.45, 2.75) is 31.7 Å². The van der Waals surface area contributed by atoms with Crippen LogP contribution in [0.3, 0.4) is 0 Å².